The van der Waals surface area contributed by atoms with E-state index in [1.54, 1.807) is 0 Å². The van der Waals surface area contributed by atoms with Crippen molar-refractivity contribution in [3.05, 3.63) is 33.8 Å². The van der Waals surface area contributed by atoms with Crippen LogP contribution in [-0.2, 0) is 5.41 Å². The number of benzene rings is 1. The third kappa shape index (κ3) is 2.05. The first-order chi connectivity index (χ1) is 5.84. The van der Waals surface area contributed by atoms with Crippen molar-refractivity contribution in [1.82, 2.24) is 0 Å². The van der Waals surface area contributed by atoms with Gasteiger partial charge >= 0.3 is 0 Å². The van der Waals surface area contributed by atoms with Gasteiger partial charge in [-0.2, -0.15) is 0 Å². The maximum absolute atomic E-state index is 6.28. The second kappa shape index (κ2) is 3.34. The van der Waals surface area contributed by atoms with Crippen LogP contribution in [-0.4, -0.2) is 0 Å². The van der Waals surface area contributed by atoms with Crippen LogP contribution in [0.3, 0.4) is 0 Å². The van der Waals surface area contributed by atoms with E-state index in [0.717, 1.165) is 10.6 Å². The van der Waals surface area contributed by atoms with Gasteiger partial charge in [-0.25, -0.2) is 0 Å². The molecule has 0 atom stereocenters. The third-order valence-electron chi connectivity index (χ3n) is 2.29. The van der Waals surface area contributed by atoms with E-state index in [1.165, 1.54) is 11.1 Å². The van der Waals surface area contributed by atoms with Crippen molar-refractivity contribution in [3.63, 3.8) is 0 Å². The van der Waals surface area contributed by atoms with Crippen LogP contribution >= 0.6 is 11.6 Å². The highest BCUT2D eigenvalue weighted by molar-refractivity contribution is 6.32. The van der Waals surface area contributed by atoms with Gasteiger partial charge in [0.1, 0.15) is 0 Å². The van der Waals surface area contributed by atoms with Crippen molar-refractivity contribution in [1.29, 1.82) is 0 Å². The minimum atomic E-state index is 0.132. The summed E-state index contributed by atoms with van der Waals surface area (Å²) in [4.78, 5) is 0. The van der Waals surface area contributed by atoms with Crippen LogP contribution in [0.2, 0.25) is 5.02 Å². The fraction of sp³-hybridized carbons (Fsp3) is 0.500. The van der Waals surface area contributed by atoms with E-state index in [0.29, 0.717) is 0 Å². The first-order valence-electron chi connectivity index (χ1n) is 4.60. The number of hydrogen-bond donors (Lipinski definition) is 0. The molecule has 0 aliphatic rings. The SMILES string of the molecule is Cc1ccc(C)c(C(C)(C)C)c1Cl. The quantitative estimate of drug-likeness (QED) is 0.582. The molecule has 0 saturated carbocycles. The molecule has 0 amide bonds. The lowest BCUT2D eigenvalue weighted by molar-refractivity contribution is 0.586. The molecule has 0 fully saturated rings. The molecule has 0 aliphatic carbocycles. The predicted octanol–water partition coefficient (Wildman–Crippen LogP) is 4.25. The molecule has 0 saturated heterocycles. The Bertz CT molecular complexity index is 319. The van der Waals surface area contributed by atoms with Crippen LogP contribution < -0.4 is 0 Å². The molecule has 1 rings (SSSR count). The Hall–Kier alpha value is -0.490. The maximum atomic E-state index is 6.28. The second-order valence-corrected chi connectivity index (χ2v) is 5.02. The number of rotatable bonds is 0. The lowest BCUT2D eigenvalue weighted by Gasteiger charge is -2.24. The summed E-state index contributed by atoms with van der Waals surface area (Å²) in [6.45, 7) is 10.8. The average molecular weight is 197 g/mol. The van der Waals surface area contributed by atoms with Gasteiger partial charge < -0.3 is 0 Å². The average Bonchev–Trinajstić information content (AvgIpc) is 1.95. The van der Waals surface area contributed by atoms with Crippen LogP contribution in [0.15, 0.2) is 12.1 Å². The van der Waals surface area contributed by atoms with Crippen LogP contribution in [0.5, 0.6) is 0 Å². The Morgan fingerprint density at radius 2 is 1.46 bits per heavy atom. The number of halogens is 1. The Morgan fingerprint density at radius 1 is 1.00 bits per heavy atom. The predicted molar refractivity (Wildman–Crippen MR) is 59.6 cm³/mol. The molecule has 0 heterocycles. The highest BCUT2D eigenvalue weighted by Gasteiger charge is 2.20. The smallest absolute Gasteiger partial charge is 0.0475 e. The molecule has 0 spiro atoms. The zero-order chi connectivity index (χ0) is 10.2. The maximum Gasteiger partial charge on any atom is 0.0475 e. The van der Waals surface area contributed by atoms with Crippen molar-refractivity contribution < 1.29 is 0 Å². The van der Waals surface area contributed by atoms with E-state index in [4.69, 9.17) is 11.6 Å². The van der Waals surface area contributed by atoms with Crippen molar-refractivity contribution in [2.45, 2.75) is 40.0 Å². The minimum Gasteiger partial charge on any atom is -0.0837 e. The van der Waals surface area contributed by atoms with Gasteiger partial charge in [0.05, 0.1) is 0 Å². The molecular weight excluding hydrogens is 180 g/mol. The second-order valence-electron chi connectivity index (χ2n) is 4.64. The fourth-order valence-corrected chi connectivity index (χ4v) is 2.19. The largest absolute Gasteiger partial charge is 0.0837 e. The van der Waals surface area contributed by atoms with E-state index in [2.05, 4.69) is 46.8 Å². The van der Waals surface area contributed by atoms with Crippen LogP contribution in [0.1, 0.15) is 37.5 Å². The summed E-state index contributed by atoms with van der Waals surface area (Å²) in [5.74, 6) is 0. The van der Waals surface area contributed by atoms with E-state index in [-0.39, 0.29) is 5.41 Å². The first-order valence-corrected chi connectivity index (χ1v) is 4.98. The molecule has 1 aromatic rings. The molecule has 0 unspecified atom stereocenters. The Kier molecular flexibility index (Phi) is 2.72. The van der Waals surface area contributed by atoms with E-state index in [1.807, 2.05) is 0 Å². The van der Waals surface area contributed by atoms with Crippen molar-refractivity contribution in [2.24, 2.45) is 0 Å². The van der Waals surface area contributed by atoms with E-state index in [9.17, 15) is 0 Å². The summed E-state index contributed by atoms with van der Waals surface area (Å²) in [5.41, 5.74) is 3.85. The molecule has 0 radical (unpaired) electrons. The van der Waals surface area contributed by atoms with Gasteiger partial charge in [0, 0.05) is 5.02 Å². The van der Waals surface area contributed by atoms with Gasteiger partial charge in [0.2, 0.25) is 0 Å². The summed E-state index contributed by atoms with van der Waals surface area (Å²) >= 11 is 6.28. The molecule has 72 valence electrons. The lowest BCUT2D eigenvalue weighted by Crippen LogP contribution is -2.14. The Morgan fingerprint density at radius 3 is 1.85 bits per heavy atom. The highest BCUT2D eigenvalue weighted by Crippen LogP contribution is 2.34. The van der Waals surface area contributed by atoms with Crippen LogP contribution in [0, 0.1) is 13.8 Å². The number of hydrogen-bond acceptors (Lipinski definition) is 0. The standard InChI is InChI=1S/C12H17Cl/c1-8-6-7-9(2)11(13)10(8)12(3,4)5/h6-7H,1-5H3. The summed E-state index contributed by atoms with van der Waals surface area (Å²) in [7, 11) is 0. The molecule has 0 aliphatic heterocycles. The molecule has 0 aromatic heterocycles. The summed E-state index contributed by atoms with van der Waals surface area (Å²) in [5, 5.41) is 0.924. The first kappa shape index (κ1) is 10.6. The zero-order valence-corrected chi connectivity index (χ0v) is 9.79. The topological polar surface area (TPSA) is 0 Å². The van der Waals surface area contributed by atoms with Crippen molar-refractivity contribution >= 4 is 11.6 Å². The molecule has 1 aromatic carbocycles. The van der Waals surface area contributed by atoms with Crippen molar-refractivity contribution in [2.75, 3.05) is 0 Å². The Labute approximate surface area is 85.9 Å². The van der Waals surface area contributed by atoms with E-state index < -0.39 is 0 Å². The summed E-state index contributed by atoms with van der Waals surface area (Å²) < 4.78 is 0. The zero-order valence-electron chi connectivity index (χ0n) is 9.03. The summed E-state index contributed by atoms with van der Waals surface area (Å²) in [6, 6.07) is 4.22. The van der Waals surface area contributed by atoms with Crippen LogP contribution in [0.4, 0.5) is 0 Å². The van der Waals surface area contributed by atoms with Crippen molar-refractivity contribution in [3.8, 4) is 0 Å². The third-order valence-corrected chi connectivity index (χ3v) is 2.78. The molecule has 0 bridgehead atoms. The normalized spacial score (nSPS) is 11.8. The molecule has 1 heteroatoms. The Balaban J connectivity index is 3.43. The molecule has 0 N–H and O–H groups in total. The van der Waals surface area contributed by atoms with Gasteiger partial charge in [-0.3, -0.25) is 0 Å². The fourth-order valence-electron chi connectivity index (χ4n) is 1.70. The minimum absolute atomic E-state index is 0.132. The lowest BCUT2D eigenvalue weighted by atomic mass is 9.83. The van der Waals surface area contributed by atoms with Gasteiger partial charge in [-0.15, -0.1) is 0 Å². The van der Waals surface area contributed by atoms with Gasteiger partial charge in [-0.1, -0.05) is 44.5 Å². The van der Waals surface area contributed by atoms with Gasteiger partial charge in [-0.05, 0) is 36.0 Å². The molecule has 0 nitrogen and oxygen atoms in total. The molecular formula is C12H17Cl. The summed E-state index contributed by atoms with van der Waals surface area (Å²) in [6.07, 6.45) is 0. The van der Waals surface area contributed by atoms with Crippen LogP contribution in [0.25, 0.3) is 0 Å². The van der Waals surface area contributed by atoms with Gasteiger partial charge in [0.15, 0.2) is 0 Å². The number of aryl methyl sites for hydroxylation is 2. The van der Waals surface area contributed by atoms with E-state index >= 15 is 0 Å². The monoisotopic (exact) mass is 196 g/mol. The highest BCUT2D eigenvalue weighted by atomic mass is 35.5. The van der Waals surface area contributed by atoms with Gasteiger partial charge in [0.25, 0.3) is 0 Å². The molecule has 13 heavy (non-hydrogen) atoms.